The zero-order valence-corrected chi connectivity index (χ0v) is 12.0. The molecule has 1 rings (SSSR count). The van der Waals surface area contributed by atoms with E-state index in [4.69, 9.17) is 5.73 Å². The lowest BCUT2D eigenvalue weighted by atomic mass is 10.1. The number of rotatable bonds is 7. The van der Waals surface area contributed by atoms with Gasteiger partial charge in [0.1, 0.15) is 6.04 Å². The van der Waals surface area contributed by atoms with Crippen LogP contribution in [0.25, 0.3) is 0 Å². The predicted octanol–water partition coefficient (Wildman–Crippen LogP) is 2.02. The second kappa shape index (κ2) is 7.91. The summed E-state index contributed by atoms with van der Waals surface area (Å²) in [4.78, 5) is 23.3. The minimum absolute atomic E-state index is 0.360. The van der Waals surface area contributed by atoms with Gasteiger partial charge in [0.05, 0.1) is 16.1 Å². The summed E-state index contributed by atoms with van der Waals surface area (Å²) in [6.45, 7) is 0.515. The van der Waals surface area contributed by atoms with Crippen LogP contribution in [0.4, 0.5) is 0 Å². The van der Waals surface area contributed by atoms with Gasteiger partial charge in [0, 0.05) is 5.56 Å². The lowest BCUT2D eigenvalue weighted by molar-refractivity contribution is -0.140. The van der Waals surface area contributed by atoms with Crippen LogP contribution < -0.4 is 5.73 Å². The van der Waals surface area contributed by atoms with Gasteiger partial charge in [-0.2, -0.15) is 0 Å². The van der Waals surface area contributed by atoms with Gasteiger partial charge < -0.3 is 10.8 Å². The fourth-order valence-electron chi connectivity index (χ4n) is 1.66. The van der Waals surface area contributed by atoms with Gasteiger partial charge in [0.15, 0.2) is 0 Å². The van der Waals surface area contributed by atoms with E-state index in [1.807, 2.05) is 0 Å². The fourth-order valence-corrected chi connectivity index (χ4v) is 2.25. The van der Waals surface area contributed by atoms with E-state index in [1.54, 1.807) is 30.3 Å². The Bertz CT molecular complexity index is 425. The molecule has 0 saturated carbocycles. The summed E-state index contributed by atoms with van der Waals surface area (Å²) in [5.41, 5.74) is 5.83. The molecule has 0 aliphatic rings. The molecular formula is C13H17BrN2O3. The quantitative estimate of drug-likeness (QED) is 0.592. The van der Waals surface area contributed by atoms with Gasteiger partial charge in [0.2, 0.25) is 0 Å². The molecule has 0 saturated heterocycles. The third kappa shape index (κ3) is 4.65. The van der Waals surface area contributed by atoms with Crippen molar-refractivity contribution in [2.45, 2.75) is 25.3 Å². The minimum Gasteiger partial charge on any atom is -0.480 e. The van der Waals surface area contributed by atoms with Crippen molar-refractivity contribution < 1.29 is 14.7 Å². The molecule has 0 radical (unpaired) electrons. The van der Waals surface area contributed by atoms with Gasteiger partial charge in [-0.05, 0) is 37.9 Å². The molecule has 1 aromatic rings. The van der Waals surface area contributed by atoms with Crippen LogP contribution in [0.2, 0.25) is 0 Å². The van der Waals surface area contributed by atoms with Crippen molar-refractivity contribution in [3.05, 3.63) is 35.9 Å². The van der Waals surface area contributed by atoms with Crippen molar-refractivity contribution in [1.29, 1.82) is 0 Å². The summed E-state index contributed by atoms with van der Waals surface area (Å²) in [7, 11) is 0. The number of amides is 1. The summed E-state index contributed by atoms with van der Waals surface area (Å²) in [5, 5.41) is 9.18. The normalized spacial score (nSPS) is 11.9. The molecule has 0 fully saturated rings. The Morgan fingerprint density at radius 2 is 1.89 bits per heavy atom. The Kier molecular flexibility index (Phi) is 6.52. The molecule has 0 unspecified atom stereocenters. The number of hydrogen-bond donors (Lipinski definition) is 2. The first-order valence-corrected chi connectivity index (χ1v) is 6.76. The predicted molar refractivity (Wildman–Crippen MR) is 75.9 cm³/mol. The number of carbonyl (C=O) groups excluding carboxylic acids is 1. The van der Waals surface area contributed by atoms with Gasteiger partial charge in [0.25, 0.3) is 5.91 Å². The maximum absolute atomic E-state index is 12.1. The highest BCUT2D eigenvalue weighted by Crippen LogP contribution is 2.17. The summed E-state index contributed by atoms with van der Waals surface area (Å²) in [5.74, 6) is -1.39. The number of carbonyl (C=O) groups is 2. The van der Waals surface area contributed by atoms with Crippen LogP contribution in [-0.4, -0.2) is 33.5 Å². The second-order valence-electron chi connectivity index (χ2n) is 4.12. The number of hydrogen-bond acceptors (Lipinski definition) is 3. The molecule has 0 aliphatic carbocycles. The molecule has 0 aliphatic heterocycles. The zero-order valence-electron chi connectivity index (χ0n) is 10.5. The topological polar surface area (TPSA) is 83.6 Å². The molecule has 19 heavy (non-hydrogen) atoms. The summed E-state index contributed by atoms with van der Waals surface area (Å²) >= 11 is 3.07. The van der Waals surface area contributed by atoms with E-state index in [9.17, 15) is 14.7 Å². The van der Waals surface area contributed by atoms with Gasteiger partial charge >= 0.3 is 5.97 Å². The average molecular weight is 329 g/mol. The summed E-state index contributed by atoms with van der Waals surface area (Å²) < 4.78 is 1.10. The molecular weight excluding hydrogens is 312 g/mol. The Labute approximate surface area is 120 Å². The van der Waals surface area contributed by atoms with E-state index in [0.717, 1.165) is 10.3 Å². The first-order valence-electron chi connectivity index (χ1n) is 6.05. The van der Waals surface area contributed by atoms with Crippen molar-refractivity contribution in [3.8, 4) is 0 Å². The Hall–Kier alpha value is -1.40. The van der Waals surface area contributed by atoms with Crippen LogP contribution in [0.15, 0.2) is 30.3 Å². The molecule has 1 aromatic carbocycles. The number of carboxylic acid groups (broad SMARTS) is 1. The van der Waals surface area contributed by atoms with Gasteiger partial charge in [-0.3, -0.25) is 8.72 Å². The van der Waals surface area contributed by atoms with Crippen molar-refractivity contribution in [3.63, 3.8) is 0 Å². The monoisotopic (exact) mass is 328 g/mol. The number of nitrogens with zero attached hydrogens (tertiary/aromatic N) is 1. The van der Waals surface area contributed by atoms with Gasteiger partial charge in [-0.15, -0.1) is 0 Å². The Morgan fingerprint density at radius 1 is 1.26 bits per heavy atom. The molecule has 0 bridgehead atoms. The highest BCUT2D eigenvalue weighted by atomic mass is 79.9. The van der Waals surface area contributed by atoms with E-state index >= 15 is 0 Å². The fraction of sp³-hybridized carbons (Fsp3) is 0.385. The summed E-state index contributed by atoms with van der Waals surface area (Å²) in [6.07, 6.45) is 1.78. The zero-order chi connectivity index (χ0) is 14.3. The van der Waals surface area contributed by atoms with Gasteiger partial charge in [-0.25, -0.2) is 4.79 Å². The summed E-state index contributed by atoms with van der Waals surface area (Å²) in [6, 6.07) is 7.67. The highest BCUT2D eigenvalue weighted by molar-refractivity contribution is 9.07. The molecule has 104 valence electrons. The number of benzene rings is 1. The molecule has 3 N–H and O–H groups in total. The minimum atomic E-state index is -1.03. The maximum atomic E-state index is 12.1. The maximum Gasteiger partial charge on any atom is 0.327 e. The molecule has 1 atom stereocenters. The third-order valence-electron chi connectivity index (χ3n) is 2.71. The Balaban J connectivity index is 2.73. The Morgan fingerprint density at radius 3 is 2.42 bits per heavy atom. The van der Waals surface area contributed by atoms with Crippen LogP contribution >= 0.6 is 16.1 Å². The van der Waals surface area contributed by atoms with E-state index in [-0.39, 0.29) is 5.91 Å². The van der Waals surface area contributed by atoms with Crippen LogP contribution in [0.3, 0.4) is 0 Å². The highest BCUT2D eigenvalue weighted by Gasteiger charge is 2.28. The van der Waals surface area contributed by atoms with Crippen molar-refractivity contribution in [2.24, 2.45) is 5.73 Å². The van der Waals surface area contributed by atoms with Crippen molar-refractivity contribution >= 4 is 28.0 Å². The van der Waals surface area contributed by atoms with Crippen LogP contribution in [-0.2, 0) is 4.79 Å². The average Bonchev–Trinajstić information content (AvgIpc) is 2.42. The number of aliphatic carboxylic acids is 1. The molecule has 5 nitrogen and oxygen atoms in total. The van der Waals surface area contributed by atoms with E-state index < -0.39 is 12.0 Å². The lowest BCUT2D eigenvalue weighted by Gasteiger charge is -2.22. The van der Waals surface area contributed by atoms with Crippen LogP contribution in [0.5, 0.6) is 0 Å². The SMILES string of the molecule is NCCCC[C@@H](C(=O)O)N(Br)C(=O)c1ccccc1. The first kappa shape index (κ1) is 15.7. The number of unbranched alkanes of at least 4 members (excludes halogenated alkanes) is 1. The third-order valence-corrected chi connectivity index (χ3v) is 3.52. The van der Waals surface area contributed by atoms with E-state index in [2.05, 4.69) is 16.1 Å². The molecule has 0 heterocycles. The van der Waals surface area contributed by atoms with Gasteiger partial charge in [-0.1, -0.05) is 18.2 Å². The van der Waals surface area contributed by atoms with E-state index in [0.29, 0.717) is 24.9 Å². The molecule has 0 aromatic heterocycles. The molecule has 1 amide bonds. The molecule has 6 heteroatoms. The molecule has 0 spiro atoms. The number of carboxylic acids is 1. The first-order chi connectivity index (χ1) is 9.07. The number of halogens is 1. The smallest absolute Gasteiger partial charge is 0.327 e. The lowest BCUT2D eigenvalue weighted by Crippen LogP contribution is -2.38. The largest absolute Gasteiger partial charge is 0.480 e. The standard InChI is InChI=1S/C13H17BrN2O3/c14-16(11(13(18)19)8-4-5-9-15)12(17)10-6-2-1-3-7-10/h1-3,6-7,11H,4-5,8-9,15H2,(H,18,19)/t11-/m0/s1. The number of nitrogens with two attached hydrogens (primary N) is 1. The second-order valence-corrected chi connectivity index (χ2v) is 4.89. The van der Waals surface area contributed by atoms with E-state index in [1.165, 1.54) is 0 Å². The van der Waals surface area contributed by atoms with Crippen LogP contribution in [0.1, 0.15) is 29.6 Å². The van der Waals surface area contributed by atoms with Crippen LogP contribution in [0, 0.1) is 0 Å². The van der Waals surface area contributed by atoms with Crippen molar-refractivity contribution in [1.82, 2.24) is 3.93 Å². The van der Waals surface area contributed by atoms with Crippen molar-refractivity contribution in [2.75, 3.05) is 6.54 Å².